The van der Waals surface area contributed by atoms with Crippen LogP contribution in [0.5, 0.6) is 0 Å². The molecule has 0 radical (unpaired) electrons. The third-order valence-corrected chi connectivity index (χ3v) is 2.72. The average Bonchev–Trinajstić information content (AvgIpc) is 2.16. The largest absolute Gasteiger partial charge is 0.310 e. The van der Waals surface area contributed by atoms with Crippen LogP contribution >= 0.6 is 0 Å². The average molecular weight is 205 g/mol. The van der Waals surface area contributed by atoms with E-state index in [0.717, 1.165) is 6.54 Å². The Morgan fingerprint density at radius 2 is 1.73 bits per heavy atom. The van der Waals surface area contributed by atoms with Crippen LogP contribution in [0.1, 0.15) is 49.4 Å². The van der Waals surface area contributed by atoms with E-state index in [-0.39, 0.29) is 0 Å². The Kier molecular flexibility index (Phi) is 4.83. The molecular formula is C14H23N. The predicted molar refractivity (Wildman–Crippen MR) is 67.2 cm³/mol. The Labute approximate surface area is 93.9 Å². The molecule has 0 unspecified atom stereocenters. The third kappa shape index (κ3) is 4.05. The zero-order valence-electron chi connectivity index (χ0n) is 10.4. The topological polar surface area (TPSA) is 12.0 Å². The summed E-state index contributed by atoms with van der Waals surface area (Å²) in [5.41, 5.74) is 4.12. The molecule has 1 nitrogen and oxygen atoms in total. The van der Waals surface area contributed by atoms with Gasteiger partial charge >= 0.3 is 0 Å². The molecule has 1 N–H and O–H groups in total. The van der Waals surface area contributed by atoms with Gasteiger partial charge in [0.2, 0.25) is 0 Å². The second kappa shape index (κ2) is 5.92. The van der Waals surface area contributed by atoms with E-state index in [0.29, 0.717) is 6.04 Å². The highest BCUT2D eigenvalue weighted by molar-refractivity contribution is 5.30. The predicted octanol–water partition coefficient (Wildman–Crippen LogP) is 3.75. The number of nitrogens with one attached hydrogen (secondary N) is 1. The second-order valence-electron chi connectivity index (χ2n) is 4.45. The molecule has 1 rings (SSSR count). The fourth-order valence-electron chi connectivity index (χ4n) is 1.87. The van der Waals surface area contributed by atoms with E-state index in [4.69, 9.17) is 0 Å². The van der Waals surface area contributed by atoms with E-state index in [2.05, 4.69) is 51.2 Å². The fraction of sp³-hybridized carbons (Fsp3) is 0.571. The van der Waals surface area contributed by atoms with Gasteiger partial charge in [-0.25, -0.2) is 0 Å². The summed E-state index contributed by atoms with van der Waals surface area (Å²) in [4.78, 5) is 0. The highest BCUT2D eigenvalue weighted by Crippen LogP contribution is 2.16. The number of unbranched alkanes of at least 4 members (excludes halogenated alkanes) is 1. The number of aryl methyl sites for hydroxylation is 2. The zero-order valence-corrected chi connectivity index (χ0v) is 10.4. The summed E-state index contributed by atoms with van der Waals surface area (Å²) in [6.45, 7) is 9.90. The molecule has 0 aliphatic carbocycles. The van der Waals surface area contributed by atoms with Crippen LogP contribution in [0.2, 0.25) is 0 Å². The lowest BCUT2D eigenvalue weighted by Crippen LogP contribution is -2.19. The Bertz CT molecular complexity index is 284. The third-order valence-electron chi connectivity index (χ3n) is 2.72. The summed E-state index contributed by atoms with van der Waals surface area (Å²) in [6.07, 6.45) is 2.52. The molecule has 0 aromatic heterocycles. The van der Waals surface area contributed by atoms with E-state index in [1.54, 1.807) is 0 Å². The van der Waals surface area contributed by atoms with Gasteiger partial charge in [-0.15, -0.1) is 0 Å². The maximum absolute atomic E-state index is 3.55. The van der Waals surface area contributed by atoms with E-state index < -0.39 is 0 Å². The standard InChI is InChI=1S/C14H23N/c1-5-6-7-15-13(4)14-9-11(2)8-12(3)10-14/h8-10,13,15H,5-7H2,1-4H3/t13-/m1/s1. The summed E-state index contributed by atoms with van der Waals surface area (Å²) >= 11 is 0. The van der Waals surface area contributed by atoms with Gasteiger partial charge in [0.25, 0.3) is 0 Å². The van der Waals surface area contributed by atoms with Crippen LogP contribution in [0.15, 0.2) is 18.2 Å². The molecule has 1 aromatic rings. The normalized spacial score (nSPS) is 12.8. The van der Waals surface area contributed by atoms with Crippen LogP contribution in [-0.4, -0.2) is 6.54 Å². The fourth-order valence-corrected chi connectivity index (χ4v) is 1.87. The first-order chi connectivity index (χ1) is 7.13. The molecule has 0 saturated carbocycles. The first-order valence-corrected chi connectivity index (χ1v) is 5.95. The van der Waals surface area contributed by atoms with Crippen LogP contribution in [0.25, 0.3) is 0 Å². The molecule has 0 spiro atoms. The van der Waals surface area contributed by atoms with Crippen molar-refractivity contribution in [2.24, 2.45) is 0 Å². The first kappa shape index (κ1) is 12.3. The van der Waals surface area contributed by atoms with Crippen LogP contribution in [0.3, 0.4) is 0 Å². The van der Waals surface area contributed by atoms with Crippen LogP contribution in [0, 0.1) is 13.8 Å². The van der Waals surface area contributed by atoms with Crippen molar-refractivity contribution in [2.75, 3.05) is 6.54 Å². The summed E-state index contributed by atoms with van der Waals surface area (Å²) < 4.78 is 0. The molecule has 0 heterocycles. The summed E-state index contributed by atoms with van der Waals surface area (Å²) in [7, 11) is 0. The van der Waals surface area contributed by atoms with E-state index in [1.165, 1.54) is 29.5 Å². The molecular weight excluding hydrogens is 182 g/mol. The van der Waals surface area contributed by atoms with E-state index >= 15 is 0 Å². The van der Waals surface area contributed by atoms with Crippen molar-refractivity contribution in [3.8, 4) is 0 Å². The minimum absolute atomic E-state index is 0.468. The van der Waals surface area contributed by atoms with Crippen LogP contribution in [-0.2, 0) is 0 Å². The van der Waals surface area contributed by atoms with Gasteiger partial charge in [0.1, 0.15) is 0 Å². The molecule has 1 heteroatoms. The highest BCUT2D eigenvalue weighted by Gasteiger charge is 2.04. The summed E-state index contributed by atoms with van der Waals surface area (Å²) in [5.74, 6) is 0. The molecule has 1 atom stereocenters. The first-order valence-electron chi connectivity index (χ1n) is 5.95. The van der Waals surface area contributed by atoms with Crippen molar-refractivity contribution < 1.29 is 0 Å². The van der Waals surface area contributed by atoms with Gasteiger partial charge in [0.15, 0.2) is 0 Å². The molecule has 0 amide bonds. The van der Waals surface area contributed by atoms with Crippen molar-refractivity contribution in [2.45, 2.75) is 46.6 Å². The van der Waals surface area contributed by atoms with Gasteiger partial charge in [0.05, 0.1) is 0 Å². The number of hydrogen-bond acceptors (Lipinski definition) is 1. The maximum Gasteiger partial charge on any atom is 0.0291 e. The van der Waals surface area contributed by atoms with E-state index in [9.17, 15) is 0 Å². The number of hydrogen-bond donors (Lipinski definition) is 1. The minimum atomic E-state index is 0.468. The number of benzene rings is 1. The maximum atomic E-state index is 3.55. The molecule has 15 heavy (non-hydrogen) atoms. The summed E-state index contributed by atoms with van der Waals surface area (Å²) in [5, 5.41) is 3.55. The molecule has 0 saturated heterocycles. The van der Waals surface area contributed by atoms with Crippen molar-refractivity contribution >= 4 is 0 Å². The van der Waals surface area contributed by atoms with Gasteiger partial charge in [0, 0.05) is 6.04 Å². The molecule has 0 bridgehead atoms. The minimum Gasteiger partial charge on any atom is -0.310 e. The van der Waals surface area contributed by atoms with Crippen molar-refractivity contribution in [1.82, 2.24) is 5.32 Å². The van der Waals surface area contributed by atoms with Crippen LogP contribution in [0.4, 0.5) is 0 Å². The Morgan fingerprint density at radius 1 is 1.13 bits per heavy atom. The molecule has 1 aromatic carbocycles. The van der Waals surface area contributed by atoms with Gasteiger partial charge in [-0.3, -0.25) is 0 Å². The molecule has 0 aliphatic rings. The lowest BCUT2D eigenvalue weighted by molar-refractivity contribution is 0.554. The quantitative estimate of drug-likeness (QED) is 0.722. The lowest BCUT2D eigenvalue weighted by atomic mass is 10.0. The lowest BCUT2D eigenvalue weighted by Gasteiger charge is -2.15. The van der Waals surface area contributed by atoms with Crippen molar-refractivity contribution in [3.05, 3.63) is 34.9 Å². The molecule has 0 aliphatic heterocycles. The van der Waals surface area contributed by atoms with Gasteiger partial charge < -0.3 is 5.32 Å². The Balaban J connectivity index is 2.60. The zero-order chi connectivity index (χ0) is 11.3. The van der Waals surface area contributed by atoms with Gasteiger partial charge in [-0.05, 0) is 39.3 Å². The van der Waals surface area contributed by atoms with Crippen LogP contribution < -0.4 is 5.32 Å². The highest BCUT2D eigenvalue weighted by atomic mass is 14.9. The Morgan fingerprint density at radius 3 is 2.27 bits per heavy atom. The SMILES string of the molecule is CCCCN[C@H](C)c1cc(C)cc(C)c1. The van der Waals surface area contributed by atoms with Crippen molar-refractivity contribution in [1.29, 1.82) is 0 Å². The number of rotatable bonds is 5. The monoisotopic (exact) mass is 205 g/mol. The molecule has 0 fully saturated rings. The van der Waals surface area contributed by atoms with Gasteiger partial charge in [-0.2, -0.15) is 0 Å². The smallest absolute Gasteiger partial charge is 0.0291 e. The van der Waals surface area contributed by atoms with Gasteiger partial charge in [-0.1, -0.05) is 42.7 Å². The Hall–Kier alpha value is -0.820. The summed E-state index contributed by atoms with van der Waals surface area (Å²) in [6, 6.07) is 7.24. The molecule has 84 valence electrons. The van der Waals surface area contributed by atoms with E-state index in [1.807, 2.05) is 0 Å². The second-order valence-corrected chi connectivity index (χ2v) is 4.45. The van der Waals surface area contributed by atoms with Crippen molar-refractivity contribution in [3.63, 3.8) is 0 Å².